The van der Waals surface area contributed by atoms with E-state index >= 15 is 0 Å². The first-order valence-corrected chi connectivity index (χ1v) is 4.73. The Morgan fingerprint density at radius 1 is 1.12 bits per heavy atom. The average Bonchev–Trinajstić information content (AvgIpc) is 2.11. The molecule has 0 aromatic heterocycles. The molecule has 0 aliphatic rings. The van der Waals surface area contributed by atoms with Crippen LogP contribution in [-0.4, -0.2) is 24.6 Å². The molecule has 1 N–H and O–H groups in total. The molecular formula is C9H14F5NO. The number of carbonyl (C=O) groups is 1. The summed E-state index contributed by atoms with van der Waals surface area (Å²) in [6.45, 7) is 5.00. The summed E-state index contributed by atoms with van der Waals surface area (Å²) in [7, 11) is 0. The van der Waals surface area contributed by atoms with Crippen LogP contribution in [0.5, 0.6) is 0 Å². The maximum Gasteiger partial charge on any atom is 0.463 e. The number of amides is 1. The fourth-order valence-electron chi connectivity index (χ4n) is 0.729. The van der Waals surface area contributed by atoms with Gasteiger partial charge in [0, 0.05) is 6.54 Å². The van der Waals surface area contributed by atoms with E-state index < -0.39 is 18.0 Å². The van der Waals surface area contributed by atoms with Crippen molar-refractivity contribution in [1.29, 1.82) is 0 Å². The second kappa shape index (κ2) is 4.97. The molecule has 0 radical (unpaired) electrons. The van der Waals surface area contributed by atoms with Crippen LogP contribution >= 0.6 is 0 Å². The van der Waals surface area contributed by atoms with Crippen molar-refractivity contribution in [3.63, 3.8) is 0 Å². The van der Waals surface area contributed by atoms with E-state index in [1.807, 2.05) is 0 Å². The molecule has 0 fully saturated rings. The molecule has 0 rings (SSSR count). The second-order valence-electron chi connectivity index (χ2n) is 4.00. The second-order valence-corrected chi connectivity index (χ2v) is 4.00. The summed E-state index contributed by atoms with van der Waals surface area (Å²) >= 11 is 0. The van der Waals surface area contributed by atoms with Gasteiger partial charge in [0.15, 0.2) is 0 Å². The third kappa shape index (κ3) is 3.61. The molecule has 0 spiro atoms. The molecule has 0 aromatic rings. The standard InChI is InChI=1S/C9H14F5NO/c1-5(2)6(3)4-15-7(16)8(10,11)9(12,13)14/h5-6H,4H2,1-3H3,(H,15,16). The molecule has 96 valence electrons. The van der Waals surface area contributed by atoms with Gasteiger partial charge in [0.05, 0.1) is 0 Å². The van der Waals surface area contributed by atoms with Crippen LogP contribution in [0.15, 0.2) is 0 Å². The minimum Gasteiger partial charge on any atom is -0.350 e. The molecule has 0 heterocycles. The molecule has 0 saturated heterocycles. The fraction of sp³-hybridized carbons (Fsp3) is 0.889. The molecular weight excluding hydrogens is 233 g/mol. The summed E-state index contributed by atoms with van der Waals surface area (Å²) in [5.41, 5.74) is 0. The van der Waals surface area contributed by atoms with Gasteiger partial charge in [0.1, 0.15) is 0 Å². The highest BCUT2D eigenvalue weighted by atomic mass is 19.4. The van der Waals surface area contributed by atoms with E-state index in [0.29, 0.717) is 0 Å². The maximum atomic E-state index is 12.4. The zero-order valence-electron chi connectivity index (χ0n) is 9.16. The lowest BCUT2D eigenvalue weighted by Crippen LogP contribution is -2.51. The summed E-state index contributed by atoms with van der Waals surface area (Å²) < 4.78 is 60.1. The Labute approximate surface area is 90.2 Å². The van der Waals surface area contributed by atoms with Crippen molar-refractivity contribution in [3.8, 4) is 0 Å². The summed E-state index contributed by atoms with van der Waals surface area (Å²) in [5, 5.41) is 1.60. The van der Waals surface area contributed by atoms with Crippen molar-refractivity contribution < 1.29 is 26.7 Å². The quantitative estimate of drug-likeness (QED) is 0.760. The summed E-state index contributed by atoms with van der Waals surface area (Å²) in [6.07, 6.45) is -5.85. The molecule has 0 aliphatic heterocycles. The maximum absolute atomic E-state index is 12.4. The summed E-state index contributed by atoms with van der Waals surface area (Å²) in [4.78, 5) is 10.7. The molecule has 0 aliphatic carbocycles. The molecule has 2 nitrogen and oxygen atoms in total. The number of hydrogen-bond acceptors (Lipinski definition) is 1. The van der Waals surface area contributed by atoms with Crippen molar-refractivity contribution in [2.24, 2.45) is 11.8 Å². The first-order chi connectivity index (χ1) is 7.00. The van der Waals surface area contributed by atoms with Crippen molar-refractivity contribution >= 4 is 5.91 Å². The van der Waals surface area contributed by atoms with Crippen LogP contribution in [0.25, 0.3) is 0 Å². The third-order valence-corrected chi connectivity index (χ3v) is 2.36. The Kier molecular flexibility index (Phi) is 4.69. The van der Waals surface area contributed by atoms with Gasteiger partial charge in [-0.25, -0.2) is 0 Å². The molecule has 16 heavy (non-hydrogen) atoms. The monoisotopic (exact) mass is 247 g/mol. The third-order valence-electron chi connectivity index (χ3n) is 2.36. The molecule has 0 aromatic carbocycles. The lowest BCUT2D eigenvalue weighted by Gasteiger charge is -2.21. The van der Waals surface area contributed by atoms with Crippen molar-refractivity contribution in [1.82, 2.24) is 5.32 Å². The minimum atomic E-state index is -5.85. The lowest BCUT2D eigenvalue weighted by atomic mass is 9.98. The van der Waals surface area contributed by atoms with Crippen molar-refractivity contribution in [3.05, 3.63) is 0 Å². The smallest absolute Gasteiger partial charge is 0.350 e. The van der Waals surface area contributed by atoms with Gasteiger partial charge in [0.25, 0.3) is 5.91 Å². The van der Waals surface area contributed by atoms with Gasteiger partial charge >= 0.3 is 12.1 Å². The van der Waals surface area contributed by atoms with Gasteiger partial charge < -0.3 is 5.32 Å². The van der Waals surface area contributed by atoms with Gasteiger partial charge in [-0.3, -0.25) is 4.79 Å². The number of hydrogen-bond donors (Lipinski definition) is 1. The van der Waals surface area contributed by atoms with Crippen molar-refractivity contribution in [2.75, 3.05) is 6.54 Å². The van der Waals surface area contributed by atoms with E-state index in [0.717, 1.165) is 0 Å². The van der Waals surface area contributed by atoms with E-state index in [-0.39, 0.29) is 18.4 Å². The zero-order valence-corrected chi connectivity index (χ0v) is 9.16. The van der Waals surface area contributed by atoms with Crippen LogP contribution in [0, 0.1) is 11.8 Å². The average molecular weight is 247 g/mol. The fourth-order valence-corrected chi connectivity index (χ4v) is 0.729. The summed E-state index contributed by atoms with van der Waals surface area (Å²) in [5.74, 6) is -7.72. The Morgan fingerprint density at radius 2 is 1.56 bits per heavy atom. The molecule has 0 saturated carbocycles. The van der Waals surface area contributed by atoms with E-state index in [4.69, 9.17) is 0 Å². The highest BCUT2D eigenvalue weighted by molar-refractivity contribution is 5.84. The topological polar surface area (TPSA) is 29.1 Å². The van der Waals surface area contributed by atoms with E-state index in [9.17, 15) is 26.7 Å². The first-order valence-electron chi connectivity index (χ1n) is 4.73. The zero-order chi connectivity index (χ0) is 13.1. The van der Waals surface area contributed by atoms with Crippen LogP contribution in [0.1, 0.15) is 20.8 Å². The molecule has 7 heteroatoms. The number of rotatable bonds is 4. The number of halogens is 5. The number of carbonyl (C=O) groups excluding carboxylic acids is 1. The molecule has 1 amide bonds. The highest BCUT2D eigenvalue weighted by Crippen LogP contribution is 2.35. The highest BCUT2D eigenvalue weighted by Gasteiger charge is 2.63. The normalized spacial score (nSPS) is 15.1. The van der Waals surface area contributed by atoms with E-state index in [1.54, 1.807) is 26.1 Å². The van der Waals surface area contributed by atoms with Gasteiger partial charge in [-0.05, 0) is 11.8 Å². The van der Waals surface area contributed by atoms with E-state index in [2.05, 4.69) is 0 Å². The lowest BCUT2D eigenvalue weighted by molar-refractivity contribution is -0.269. The Bertz CT molecular complexity index is 249. The largest absolute Gasteiger partial charge is 0.463 e. The number of alkyl halides is 5. The van der Waals surface area contributed by atoms with Crippen LogP contribution in [0.3, 0.4) is 0 Å². The van der Waals surface area contributed by atoms with Crippen LogP contribution < -0.4 is 5.32 Å². The predicted octanol–water partition coefficient (Wildman–Crippen LogP) is 2.59. The first kappa shape index (κ1) is 15.1. The minimum absolute atomic E-state index is 0.0832. The Hall–Kier alpha value is -0.880. The van der Waals surface area contributed by atoms with Crippen LogP contribution in [0.2, 0.25) is 0 Å². The van der Waals surface area contributed by atoms with E-state index in [1.165, 1.54) is 0 Å². The van der Waals surface area contributed by atoms with Gasteiger partial charge in [0.2, 0.25) is 0 Å². The predicted molar refractivity (Wildman–Crippen MR) is 48.0 cm³/mol. The Morgan fingerprint density at radius 3 is 1.88 bits per heavy atom. The Balaban J connectivity index is 4.38. The summed E-state index contributed by atoms with van der Waals surface area (Å²) in [6, 6.07) is 0. The molecule has 1 unspecified atom stereocenters. The van der Waals surface area contributed by atoms with Crippen LogP contribution in [-0.2, 0) is 4.79 Å². The van der Waals surface area contributed by atoms with Crippen LogP contribution in [0.4, 0.5) is 22.0 Å². The number of nitrogens with one attached hydrogen (secondary N) is 1. The SMILES string of the molecule is CC(C)C(C)CNC(=O)C(F)(F)C(F)(F)F. The molecule has 1 atom stereocenters. The van der Waals surface area contributed by atoms with Gasteiger partial charge in [-0.2, -0.15) is 22.0 Å². The molecule has 0 bridgehead atoms. The van der Waals surface area contributed by atoms with Crippen molar-refractivity contribution in [2.45, 2.75) is 32.9 Å². The van der Waals surface area contributed by atoms with Gasteiger partial charge in [-0.15, -0.1) is 0 Å². The van der Waals surface area contributed by atoms with Gasteiger partial charge in [-0.1, -0.05) is 20.8 Å².